The highest BCUT2D eigenvalue weighted by Crippen LogP contribution is 2.26. The summed E-state index contributed by atoms with van der Waals surface area (Å²) < 4.78 is 20.1. The van der Waals surface area contributed by atoms with E-state index in [-0.39, 0.29) is 11.9 Å². The third-order valence-electron chi connectivity index (χ3n) is 3.02. The Morgan fingerprint density at radius 1 is 1.11 bits per heavy atom. The summed E-state index contributed by atoms with van der Waals surface area (Å²) in [6, 6.07) is 15.1. The summed E-state index contributed by atoms with van der Waals surface area (Å²) in [5.74, 6) is 0.125. The first-order valence-corrected chi connectivity index (χ1v) is 7.03. The zero-order valence-corrected chi connectivity index (χ0v) is 12.2. The first kappa shape index (κ1) is 12.6. The first-order chi connectivity index (χ1) is 9.25. The largest absolute Gasteiger partial charge is 0.475 e. The Balaban J connectivity index is 1.94. The van der Waals surface area contributed by atoms with Gasteiger partial charge in [0.15, 0.2) is 0 Å². The lowest BCUT2D eigenvalue weighted by Crippen LogP contribution is -2.05. The summed E-state index contributed by atoms with van der Waals surface area (Å²) in [5, 5.41) is 0. The van der Waals surface area contributed by atoms with Crippen molar-refractivity contribution >= 4 is 28.5 Å². The Morgan fingerprint density at radius 2 is 1.89 bits per heavy atom. The number of benzene rings is 2. The van der Waals surface area contributed by atoms with Crippen molar-refractivity contribution in [3.8, 4) is 0 Å². The third kappa shape index (κ3) is 2.49. The number of rotatable bonds is 2. The first-order valence-electron chi connectivity index (χ1n) is 5.95. The van der Waals surface area contributed by atoms with Crippen molar-refractivity contribution in [1.29, 1.82) is 0 Å². The minimum absolute atomic E-state index is 0.0477. The van der Waals surface area contributed by atoms with Crippen LogP contribution in [0.3, 0.4) is 0 Å². The molecular formula is C15H11FINO. The smallest absolute Gasteiger partial charge is 0.219 e. The number of halogens is 2. The average molecular weight is 367 g/mol. The van der Waals surface area contributed by atoms with Gasteiger partial charge in [-0.15, -0.1) is 0 Å². The lowest BCUT2D eigenvalue weighted by Gasteiger charge is -2.04. The molecule has 4 heteroatoms. The molecule has 0 aromatic heterocycles. The molecule has 19 heavy (non-hydrogen) atoms. The monoisotopic (exact) mass is 367 g/mol. The van der Waals surface area contributed by atoms with Gasteiger partial charge in [-0.1, -0.05) is 36.4 Å². The van der Waals surface area contributed by atoms with E-state index in [0.29, 0.717) is 21.6 Å². The summed E-state index contributed by atoms with van der Waals surface area (Å²) in [5.41, 5.74) is 1.52. The van der Waals surface area contributed by atoms with Gasteiger partial charge in [-0.25, -0.2) is 9.38 Å². The molecule has 0 radical (unpaired) electrons. The van der Waals surface area contributed by atoms with E-state index in [1.54, 1.807) is 12.1 Å². The van der Waals surface area contributed by atoms with Crippen LogP contribution < -0.4 is 0 Å². The molecule has 0 unspecified atom stereocenters. The standard InChI is InChI=1S/C15H11FINO/c16-14-11(7-4-8-12(14)17)15-18-13(9-19-15)10-5-2-1-3-6-10/h1-8,13H,9H2/t13-/m0/s1. The van der Waals surface area contributed by atoms with E-state index in [9.17, 15) is 4.39 Å². The number of hydrogen-bond donors (Lipinski definition) is 0. The molecular weight excluding hydrogens is 356 g/mol. The van der Waals surface area contributed by atoms with Gasteiger partial charge in [0.1, 0.15) is 18.5 Å². The molecule has 3 rings (SSSR count). The van der Waals surface area contributed by atoms with Gasteiger partial charge in [0.25, 0.3) is 0 Å². The van der Waals surface area contributed by atoms with E-state index in [0.717, 1.165) is 5.56 Å². The van der Waals surface area contributed by atoms with Crippen LogP contribution in [0.15, 0.2) is 53.5 Å². The molecule has 0 N–H and O–H groups in total. The Morgan fingerprint density at radius 3 is 2.68 bits per heavy atom. The Kier molecular flexibility index (Phi) is 3.50. The van der Waals surface area contributed by atoms with E-state index >= 15 is 0 Å². The van der Waals surface area contributed by atoms with Crippen LogP contribution in [0.25, 0.3) is 0 Å². The number of nitrogens with zero attached hydrogens (tertiary/aromatic N) is 1. The lowest BCUT2D eigenvalue weighted by atomic mass is 10.1. The molecule has 1 aliphatic rings. The van der Waals surface area contributed by atoms with Crippen LogP contribution in [0.4, 0.5) is 4.39 Å². The van der Waals surface area contributed by atoms with Gasteiger partial charge in [-0.2, -0.15) is 0 Å². The highest BCUT2D eigenvalue weighted by atomic mass is 127. The fraction of sp³-hybridized carbons (Fsp3) is 0.133. The lowest BCUT2D eigenvalue weighted by molar-refractivity contribution is 0.318. The van der Waals surface area contributed by atoms with Crippen LogP contribution in [0.5, 0.6) is 0 Å². The minimum Gasteiger partial charge on any atom is -0.475 e. The molecule has 0 saturated carbocycles. The topological polar surface area (TPSA) is 21.6 Å². The fourth-order valence-corrected chi connectivity index (χ4v) is 2.53. The minimum atomic E-state index is -0.268. The third-order valence-corrected chi connectivity index (χ3v) is 3.85. The van der Waals surface area contributed by atoms with Crippen molar-refractivity contribution in [1.82, 2.24) is 0 Å². The van der Waals surface area contributed by atoms with Crippen LogP contribution in [-0.2, 0) is 4.74 Å². The Labute approximate surface area is 124 Å². The highest BCUT2D eigenvalue weighted by Gasteiger charge is 2.23. The SMILES string of the molecule is Fc1c(I)cccc1C1=N[C@H](c2ccccc2)CO1. The quantitative estimate of drug-likeness (QED) is 0.737. The van der Waals surface area contributed by atoms with E-state index in [4.69, 9.17) is 4.74 Å². The van der Waals surface area contributed by atoms with Gasteiger partial charge in [-0.05, 0) is 40.3 Å². The van der Waals surface area contributed by atoms with Crippen molar-refractivity contribution in [2.75, 3.05) is 6.61 Å². The van der Waals surface area contributed by atoms with E-state index in [1.807, 2.05) is 59.0 Å². The van der Waals surface area contributed by atoms with E-state index < -0.39 is 0 Å². The van der Waals surface area contributed by atoms with Crippen molar-refractivity contribution in [3.05, 3.63) is 69.0 Å². The molecule has 0 bridgehead atoms. The fourth-order valence-electron chi connectivity index (χ4n) is 2.04. The highest BCUT2D eigenvalue weighted by molar-refractivity contribution is 14.1. The number of ether oxygens (including phenoxy) is 1. The van der Waals surface area contributed by atoms with Gasteiger partial charge >= 0.3 is 0 Å². The predicted molar refractivity (Wildman–Crippen MR) is 80.8 cm³/mol. The molecule has 96 valence electrons. The van der Waals surface area contributed by atoms with Crippen molar-refractivity contribution in [2.45, 2.75) is 6.04 Å². The molecule has 2 aromatic rings. The second kappa shape index (κ2) is 5.28. The average Bonchev–Trinajstić information content (AvgIpc) is 2.92. The van der Waals surface area contributed by atoms with Crippen LogP contribution in [0.1, 0.15) is 17.2 Å². The Hall–Kier alpha value is -1.43. The molecule has 1 atom stereocenters. The van der Waals surface area contributed by atoms with Gasteiger partial charge in [0, 0.05) is 3.57 Å². The maximum Gasteiger partial charge on any atom is 0.219 e. The second-order valence-electron chi connectivity index (χ2n) is 4.27. The predicted octanol–water partition coefficient (Wildman–Crippen LogP) is 3.95. The van der Waals surface area contributed by atoms with Crippen molar-refractivity contribution in [2.24, 2.45) is 4.99 Å². The van der Waals surface area contributed by atoms with Gasteiger partial charge in [0.2, 0.25) is 5.90 Å². The normalized spacial score (nSPS) is 18.0. The van der Waals surface area contributed by atoms with Gasteiger partial charge < -0.3 is 4.74 Å². The van der Waals surface area contributed by atoms with Crippen LogP contribution in [0.2, 0.25) is 0 Å². The molecule has 0 aliphatic carbocycles. The summed E-state index contributed by atoms with van der Waals surface area (Å²) >= 11 is 1.97. The van der Waals surface area contributed by atoms with Crippen LogP contribution in [0, 0.1) is 9.39 Å². The van der Waals surface area contributed by atoms with Gasteiger partial charge in [0.05, 0.1) is 5.56 Å². The maximum absolute atomic E-state index is 14.0. The zero-order valence-electron chi connectivity index (χ0n) is 10.0. The maximum atomic E-state index is 14.0. The number of aliphatic imine (C=N–C) groups is 1. The molecule has 2 aromatic carbocycles. The number of hydrogen-bond acceptors (Lipinski definition) is 2. The molecule has 0 fully saturated rings. The van der Waals surface area contributed by atoms with Crippen molar-refractivity contribution < 1.29 is 9.13 Å². The summed E-state index contributed by atoms with van der Waals surface area (Å²) in [6.07, 6.45) is 0. The summed E-state index contributed by atoms with van der Waals surface area (Å²) in [7, 11) is 0. The summed E-state index contributed by atoms with van der Waals surface area (Å²) in [4.78, 5) is 4.48. The molecule has 0 amide bonds. The van der Waals surface area contributed by atoms with Crippen molar-refractivity contribution in [3.63, 3.8) is 0 Å². The zero-order chi connectivity index (χ0) is 13.2. The van der Waals surface area contributed by atoms with Gasteiger partial charge in [-0.3, -0.25) is 0 Å². The van der Waals surface area contributed by atoms with E-state index in [2.05, 4.69) is 4.99 Å². The molecule has 1 aliphatic heterocycles. The van der Waals surface area contributed by atoms with E-state index in [1.165, 1.54) is 0 Å². The molecule has 0 spiro atoms. The molecule has 0 saturated heterocycles. The second-order valence-corrected chi connectivity index (χ2v) is 5.44. The van der Waals surface area contributed by atoms with Crippen LogP contribution in [-0.4, -0.2) is 12.5 Å². The summed E-state index contributed by atoms with van der Waals surface area (Å²) in [6.45, 7) is 0.463. The molecule has 2 nitrogen and oxygen atoms in total. The Bertz CT molecular complexity index is 627. The van der Waals surface area contributed by atoms with Crippen LogP contribution >= 0.6 is 22.6 Å². The molecule has 1 heterocycles.